The number of amides is 1. The maximum absolute atomic E-state index is 13.1. The Kier molecular flexibility index (Phi) is 5.64. The SMILES string of the molecule is CC(c1ccc(S(N)(=O)=O)cc1)N(C)C(=O)c1ccc(-c2ccc(F)cc2)s1. The minimum atomic E-state index is -3.75. The Hall–Kier alpha value is -2.55. The number of carbonyl (C=O) groups is 1. The number of sulfonamides is 1. The average molecular weight is 419 g/mol. The number of benzene rings is 2. The lowest BCUT2D eigenvalue weighted by Gasteiger charge is -2.25. The molecule has 3 rings (SSSR count). The molecule has 28 heavy (non-hydrogen) atoms. The number of thiophene rings is 1. The molecule has 1 aromatic heterocycles. The smallest absolute Gasteiger partial charge is 0.264 e. The maximum Gasteiger partial charge on any atom is 0.264 e. The van der Waals surface area contributed by atoms with Crippen molar-refractivity contribution in [1.82, 2.24) is 4.90 Å². The summed E-state index contributed by atoms with van der Waals surface area (Å²) in [6.07, 6.45) is 0. The van der Waals surface area contributed by atoms with Gasteiger partial charge in [-0.2, -0.15) is 0 Å². The van der Waals surface area contributed by atoms with Crippen LogP contribution < -0.4 is 5.14 Å². The van der Waals surface area contributed by atoms with Gasteiger partial charge in [-0.25, -0.2) is 17.9 Å². The summed E-state index contributed by atoms with van der Waals surface area (Å²) in [4.78, 5) is 15.9. The lowest BCUT2D eigenvalue weighted by atomic mass is 10.1. The van der Waals surface area contributed by atoms with Gasteiger partial charge in [0.1, 0.15) is 5.82 Å². The van der Waals surface area contributed by atoms with Gasteiger partial charge in [-0.3, -0.25) is 4.79 Å². The largest absolute Gasteiger partial charge is 0.334 e. The van der Waals surface area contributed by atoms with Crippen LogP contribution in [0.2, 0.25) is 0 Å². The van der Waals surface area contributed by atoms with Gasteiger partial charge >= 0.3 is 0 Å². The summed E-state index contributed by atoms with van der Waals surface area (Å²) in [5, 5.41) is 5.11. The van der Waals surface area contributed by atoms with Crippen molar-refractivity contribution in [2.75, 3.05) is 7.05 Å². The zero-order valence-electron chi connectivity index (χ0n) is 15.3. The molecule has 0 aliphatic rings. The van der Waals surface area contributed by atoms with Crippen molar-refractivity contribution in [3.05, 3.63) is 76.9 Å². The molecule has 0 saturated carbocycles. The molecule has 3 aromatic rings. The highest BCUT2D eigenvalue weighted by atomic mass is 32.2. The van der Waals surface area contributed by atoms with Gasteiger partial charge in [0.25, 0.3) is 5.91 Å². The van der Waals surface area contributed by atoms with Crippen molar-refractivity contribution < 1.29 is 17.6 Å². The Labute approximate surface area is 167 Å². The van der Waals surface area contributed by atoms with Gasteiger partial charge in [-0.15, -0.1) is 11.3 Å². The van der Waals surface area contributed by atoms with Gasteiger partial charge < -0.3 is 4.90 Å². The number of nitrogens with zero attached hydrogens (tertiary/aromatic N) is 1. The molecule has 1 amide bonds. The quantitative estimate of drug-likeness (QED) is 0.679. The summed E-state index contributed by atoms with van der Waals surface area (Å²) in [7, 11) is -2.06. The summed E-state index contributed by atoms with van der Waals surface area (Å²) in [6.45, 7) is 1.86. The number of carbonyl (C=O) groups excluding carboxylic acids is 1. The van der Waals surface area contributed by atoms with E-state index < -0.39 is 10.0 Å². The first-order chi connectivity index (χ1) is 13.2. The van der Waals surface area contributed by atoms with Crippen molar-refractivity contribution in [2.24, 2.45) is 5.14 Å². The molecule has 0 saturated heterocycles. The lowest BCUT2D eigenvalue weighted by Crippen LogP contribution is -2.29. The molecule has 146 valence electrons. The first kappa shape index (κ1) is 20.2. The van der Waals surface area contributed by atoms with Crippen LogP contribution in [0.3, 0.4) is 0 Å². The van der Waals surface area contributed by atoms with Crippen LogP contribution >= 0.6 is 11.3 Å². The highest BCUT2D eigenvalue weighted by Crippen LogP contribution is 2.30. The summed E-state index contributed by atoms with van der Waals surface area (Å²) < 4.78 is 35.8. The lowest BCUT2D eigenvalue weighted by molar-refractivity contribution is 0.0747. The summed E-state index contributed by atoms with van der Waals surface area (Å²) in [5.41, 5.74) is 1.64. The number of nitrogens with two attached hydrogens (primary N) is 1. The fourth-order valence-corrected chi connectivity index (χ4v) is 4.24. The number of halogens is 1. The normalized spacial score (nSPS) is 12.6. The van der Waals surface area contributed by atoms with Crippen LogP contribution in [-0.4, -0.2) is 26.3 Å². The zero-order chi connectivity index (χ0) is 20.5. The maximum atomic E-state index is 13.1. The number of rotatable bonds is 5. The van der Waals surface area contributed by atoms with Crippen molar-refractivity contribution in [1.29, 1.82) is 0 Å². The van der Waals surface area contributed by atoms with Crippen LogP contribution in [0, 0.1) is 5.82 Å². The number of hydrogen-bond donors (Lipinski definition) is 1. The molecule has 1 heterocycles. The van der Waals surface area contributed by atoms with Crippen LogP contribution in [0.15, 0.2) is 65.6 Å². The van der Waals surface area contributed by atoms with E-state index in [0.29, 0.717) is 4.88 Å². The van der Waals surface area contributed by atoms with Gasteiger partial charge in [0.05, 0.1) is 15.8 Å². The van der Waals surface area contributed by atoms with Crippen LogP contribution in [0.1, 0.15) is 28.2 Å². The molecule has 0 radical (unpaired) electrons. The second-order valence-corrected chi connectivity index (χ2v) is 9.02. The topological polar surface area (TPSA) is 80.5 Å². The van der Waals surface area contributed by atoms with E-state index in [0.717, 1.165) is 16.0 Å². The summed E-state index contributed by atoms with van der Waals surface area (Å²) in [5.74, 6) is -0.458. The summed E-state index contributed by atoms with van der Waals surface area (Å²) >= 11 is 1.34. The molecule has 5 nitrogen and oxygen atoms in total. The third-order valence-electron chi connectivity index (χ3n) is 4.54. The van der Waals surface area contributed by atoms with E-state index >= 15 is 0 Å². The third kappa shape index (κ3) is 4.30. The summed E-state index contributed by atoms with van der Waals surface area (Å²) in [6, 6.07) is 15.6. The van der Waals surface area contributed by atoms with E-state index in [1.807, 2.05) is 13.0 Å². The van der Waals surface area contributed by atoms with Crippen LogP contribution in [0.25, 0.3) is 10.4 Å². The highest BCUT2D eigenvalue weighted by Gasteiger charge is 2.21. The van der Waals surface area contributed by atoms with E-state index in [-0.39, 0.29) is 22.7 Å². The van der Waals surface area contributed by atoms with Gasteiger partial charge in [0.2, 0.25) is 10.0 Å². The van der Waals surface area contributed by atoms with Gasteiger partial charge in [-0.1, -0.05) is 24.3 Å². The van der Waals surface area contributed by atoms with Crippen LogP contribution in [-0.2, 0) is 10.0 Å². The molecule has 8 heteroatoms. The molecule has 0 spiro atoms. The first-order valence-electron chi connectivity index (χ1n) is 8.42. The molecule has 0 aliphatic heterocycles. The minimum Gasteiger partial charge on any atom is -0.334 e. The molecule has 0 aliphatic carbocycles. The molecule has 1 unspecified atom stereocenters. The average Bonchev–Trinajstić information content (AvgIpc) is 3.16. The van der Waals surface area contributed by atoms with Crippen molar-refractivity contribution in [3.63, 3.8) is 0 Å². The zero-order valence-corrected chi connectivity index (χ0v) is 16.9. The molecule has 0 bridgehead atoms. The van der Waals surface area contributed by atoms with Crippen LogP contribution in [0.4, 0.5) is 4.39 Å². The van der Waals surface area contributed by atoms with E-state index in [1.165, 1.54) is 35.6 Å². The molecular weight excluding hydrogens is 399 g/mol. The fourth-order valence-electron chi connectivity index (χ4n) is 2.73. The molecule has 0 fully saturated rings. The number of primary sulfonamides is 1. The fraction of sp³-hybridized carbons (Fsp3) is 0.150. The predicted octanol–water partition coefficient (Wildman–Crippen LogP) is 4.03. The Morgan fingerprint density at radius 3 is 2.21 bits per heavy atom. The highest BCUT2D eigenvalue weighted by molar-refractivity contribution is 7.89. The second-order valence-electron chi connectivity index (χ2n) is 6.38. The van der Waals surface area contributed by atoms with Crippen molar-refractivity contribution >= 4 is 27.3 Å². The molecule has 2 aromatic carbocycles. The Bertz CT molecular complexity index is 1090. The molecule has 2 N–H and O–H groups in total. The standard InChI is InChI=1S/C20H19FN2O3S2/c1-13(14-5-9-17(10-6-14)28(22,25)26)23(2)20(24)19-12-11-18(27-19)15-3-7-16(21)8-4-15/h3-13H,1-2H3,(H2,22,25,26). The predicted molar refractivity (Wildman–Crippen MR) is 108 cm³/mol. The van der Waals surface area contributed by atoms with E-state index in [2.05, 4.69) is 0 Å². The van der Waals surface area contributed by atoms with Gasteiger partial charge in [-0.05, 0) is 54.4 Å². The van der Waals surface area contributed by atoms with Crippen molar-refractivity contribution in [3.8, 4) is 10.4 Å². The van der Waals surface area contributed by atoms with Gasteiger partial charge in [0.15, 0.2) is 0 Å². The van der Waals surface area contributed by atoms with E-state index in [4.69, 9.17) is 5.14 Å². The monoisotopic (exact) mass is 418 g/mol. The molecule has 1 atom stereocenters. The van der Waals surface area contributed by atoms with Crippen molar-refractivity contribution in [2.45, 2.75) is 17.9 Å². The van der Waals surface area contributed by atoms with Crippen LogP contribution in [0.5, 0.6) is 0 Å². The minimum absolute atomic E-state index is 0.0274. The molecular formula is C20H19FN2O3S2. The first-order valence-corrected chi connectivity index (χ1v) is 10.8. The Morgan fingerprint density at radius 2 is 1.64 bits per heavy atom. The van der Waals surface area contributed by atoms with Gasteiger partial charge in [0, 0.05) is 11.9 Å². The Balaban J connectivity index is 1.77. The van der Waals surface area contributed by atoms with E-state index in [9.17, 15) is 17.6 Å². The number of hydrogen-bond acceptors (Lipinski definition) is 4. The third-order valence-corrected chi connectivity index (χ3v) is 6.59. The van der Waals surface area contributed by atoms with E-state index in [1.54, 1.807) is 42.3 Å². The second kappa shape index (κ2) is 7.83. The Morgan fingerprint density at radius 1 is 1.04 bits per heavy atom.